The van der Waals surface area contributed by atoms with Gasteiger partial charge < -0.3 is 4.74 Å². The summed E-state index contributed by atoms with van der Waals surface area (Å²) in [7, 11) is 0. The number of esters is 1. The van der Waals surface area contributed by atoms with Crippen LogP contribution in [0.4, 0.5) is 4.39 Å². The van der Waals surface area contributed by atoms with Gasteiger partial charge in [-0.1, -0.05) is 6.07 Å². The van der Waals surface area contributed by atoms with E-state index in [-0.39, 0.29) is 11.3 Å². The molecule has 0 aliphatic rings. The molecule has 0 saturated carbocycles. The first-order chi connectivity index (χ1) is 11.1. The number of benzene rings is 1. The lowest BCUT2D eigenvalue weighted by atomic mass is 10.1. The van der Waals surface area contributed by atoms with Crippen LogP contribution in [0.25, 0.3) is 9.88 Å². The number of Topliss-reactive ketones (excluding diaryl/α,β-unsaturated/α-hetero) is 1. The molecule has 0 radical (unpaired) electrons. The third kappa shape index (κ3) is 3.69. The molecule has 0 bridgehead atoms. The second kappa shape index (κ2) is 6.80. The first-order valence-corrected chi connectivity index (χ1v) is 8.35. The van der Waals surface area contributed by atoms with Crippen molar-refractivity contribution in [1.29, 1.82) is 0 Å². The molecule has 0 spiro atoms. The number of carbonyl (C=O) groups is 2. The van der Waals surface area contributed by atoms with Crippen LogP contribution in [0, 0.1) is 5.82 Å². The molecule has 0 unspecified atom stereocenters. The molecule has 0 aliphatic carbocycles. The Labute approximate surface area is 139 Å². The summed E-state index contributed by atoms with van der Waals surface area (Å²) in [4.78, 5) is 29.0. The number of hydrogen-bond acceptors (Lipinski definition) is 6. The van der Waals surface area contributed by atoms with Gasteiger partial charge in [0, 0.05) is 10.9 Å². The number of nitrogens with zero attached hydrogens (tertiary/aromatic N) is 1. The van der Waals surface area contributed by atoms with Crippen LogP contribution < -0.4 is 0 Å². The highest BCUT2D eigenvalue weighted by Crippen LogP contribution is 2.27. The molecule has 0 amide bonds. The summed E-state index contributed by atoms with van der Waals surface area (Å²) < 4.78 is 17.8. The number of ketones is 1. The van der Waals surface area contributed by atoms with Crippen LogP contribution in [0.3, 0.4) is 0 Å². The highest BCUT2D eigenvalue weighted by molar-refractivity contribution is 7.20. The highest BCUT2D eigenvalue weighted by Gasteiger charge is 2.16. The third-order valence-electron chi connectivity index (χ3n) is 2.95. The molecule has 2 heterocycles. The van der Waals surface area contributed by atoms with E-state index in [1.165, 1.54) is 46.9 Å². The van der Waals surface area contributed by atoms with Crippen LogP contribution in [0.2, 0.25) is 0 Å². The topological polar surface area (TPSA) is 56.3 Å². The van der Waals surface area contributed by atoms with Crippen molar-refractivity contribution in [2.75, 3.05) is 6.61 Å². The first kappa shape index (κ1) is 15.5. The van der Waals surface area contributed by atoms with Crippen molar-refractivity contribution in [2.45, 2.75) is 0 Å². The smallest absolute Gasteiger partial charge is 0.358 e. The number of aromatic nitrogens is 1. The van der Waals surface area contributed by atoms with Crippen molar-refractivity contribution in [2.24, 2.45) is 0 Å². The number of thiazole rings is 1. The Morgan fingerprint density at radius 3 is 2.61 bits per heavy atom. The number of hydrogen-bond donors (Lipinski definition) is 0. The number of halogens is 1. The molecular formula is C16H10FNO3S2. The molecule has 0 aliphatic heterocycles. The average molecular weight is 347 g/mol. The van der Waals surface area contributed by atoms with Gasteiger partial charge in [-0.25, -0.2) is 14.2 Å². The number of carbonyl (C=O) groups excluding carboxylic acids is 2. The molecule has 0 fully saturated rings. The van der Waals surface area contributed by atoms with Crippen molar-refractivity contribution in [1.82, 2.24) is 4.98 Å². The molecule has 2 aromatic heterocycles. The second-order valence-electron chi connectivity index (χ2n) is 4.52. The average Bonchev–Trinajstić information content (AvgIpc) is 3.23. The van der Waals surface area contributed by atoms with Gasteiger partial charge in [-0.05, 0) is 35.7 Å². The van der Waals surface area contributed by atoms with E-state index in [0.29, 0.717) is 0 Å². The normalized spacial score (nSPS) is 10.5. The van der Waals surface area contributed by atoms with Crippen LogP contribution >= 0.6 is 22.7 Å². The maximum Gasteiger partial charge on any atom is 0.358 e. The third-order valence-corrected chi connectivity index (χ3v) is 4.83. The minimum Gasteiger partial charge on any atom is -0.453 e. The van der Waals surface area contributed by atoms with Crippen molar-refractivity contribution < 1.29 is 18.7 Å². The largest absolute Gasteiger partial charge is 0.453 e. The van der Waals surface area contributed by atoms with Crippen molar-refractivity contribution in [3.8, 4) is 9.88 Å². The van der Waals surface area contributed by atoms with Crippen LogP contribution in [-0.2, 0) is 4.74 Å². The predicted molar refractivity (Wildman–Crippen MR) is 86.4 cm³/mol. The lowest BCUT2D eigenvalue weighted by molar-refractivity contribution is 0.0470. The minimum absolute atomic E-state index is 0.172. The van der Waals surface area contributed by atoms with Crippen molar-refractivity contribution in [3.05, 3.63) is 64.2 Å². The Morgan fingerprint density at radius 2 is 1.91 bits per heavy atom. The van der Waals surface area contributed by atoms with E-state index >= 15 is 0 Å². The van der Waals surface area contributed by atoms with E-state index < -0.39 is 24.2 Å². The fraction of sp³-hybridized carbons (Fsp3) is 0.0625. The lowest BCUT2D eigenvalue weighted by Crippen LogP contribution is -2.14. The molecule has 3 rings (SSSR count). The highest BCUT2D eigenvalue weighted by atomic mass is 32.1. The van der Waals surface area contributed by atoms with Crippen LogP contribution in [0.5, 0.6) is 0 Å². The van der Waals surface area contributed by atoms with Crippen LogP contribution in [0.1, 0.15) is 20.8 Å². The Bertz CT molecular complexity index is 825. The molecule has 116 valence electrons. The van der Waals surface area contributed by atoms with Gasteiger partial charge in [0.25, 0.3) is 0 Å². The summed E-state index contributed by atoms with van der Waals surface area (Å²) in [5.41, 5.74) is 0.460. The van der Waals surface area contributed by atoms with E-state index in [0.717, 1.165) is 9.88 Å². The van der Waals surface area contributed by atoms with Crippen molar-refractivity contribution >= 4 is 34.4 Å². The Morgan fingerprint density at radius 1 is 1.13 bits per heavy atom. The van der Waals surface area contributed by atoms with Crippen LogP contribution in [-0.4, -0.2) is 23.3 Å². The van der Waals surface area contributed by atoms with Gasteiger partial charge in [-0.2, -0.15) is 0 Å². The van der Waals surface area contributed by atoms with Gasteiger partial charge in [0.05, 0.1) is 4.88 Å². The zero-order valence-corrected chi connectivity index (χ0v) is 13.3. The van der Waals surface area contributed by atoms with E-state index in [4.69, 9.17) is 4.74 Å². The standard InChI is InChI=1S/C16H10FNO3S2/c17-11-5-3-10(4-6-11)13(19)8-21-16(20)12-9-23-15(18-12)14-2-1-7-22-14/h1-7,9H,8H2. The quantitative estimate of drug-likeness (QED) is 0.516. The zero-order valence-electron chi connectivity index (χ0n) is 11.7. The molecular weight excluding hydrogens is 337 g/mol. The molecule has 0 N–H and O–H groups in total. The summed E-state index contributed by atoms with van der Waals surface area (Å²) in [6.45, 7) is -0.406. The molecule has 23 heavy (non-hydrogen) atoms. The van der Waals surface area contributed by atoms with Gasteiger partial charge in [-0.15, -0.1) is 22.7 Å². The van der Waals surface area contributed by atoms with E-state index in [9.17, 15) is 14.0 Å². The predicted octanol–water partition coefficient (Wildman–Crippen LogP) is 4.05. The Kier molecular flexibility index (Phi) is 4.59. The van der Waals surface area contributed by atoms with Crippen LogP contribution in [0.15, 0.2) is 47.2 Å². The SMILES string of the molecule is O=C(COC(=O)c1csc(-c2cccs2)n1)c1ccc(F)cc1. The van der Waals surface area contributed by atoms with E-state index in [1.807, 2.05) is 17.5 Å². The maximum atomic E-state index is 12.8. The summed E-state index contributed by atoms with van der Waals surface area (Å²) in [6, 6.07) is 8.88. The zero-order chi connectivity index (χ0) is 16.2. The first-order valence-electron chi connectivity index (χ1n) is 6.59. The van der Waals surface area contributed by atoms with Crippen molar-refractivity contribution in [3.63, 3.8) is 0 Å². The lowest BCUT2D eigenvalue weighted by Gasteiger charge is -2.02. The number of ether oxygens (including phenoxy) is 1. The monoisotopic (exact) mass is 347 g/mol. The fourth-order valence-corrected chi connectivity index (χ4v) is 3.41. The summed E-state index contributed by atoms with van der Waals surface area (Å²) >= 11 is 2.87. The molecule has 7 heteroatoms. The molecule has 1 aromatic carbocycles. The fourth-order valence-electron chi connectivity index (χ4n) is 1.81. The Hall–Kier alpha value is -2.38. The maximum absolute atomic E-state index is 12.8. The minimum atomic E-state index is -0.653. The number of rotatable bonds is 5. The summed E-state index contributed by atoms with van der Waals surface area (Å²) in [5, 5.41) is 4.26. The molecule has 4 nitrogen and oxygen atoms in total. The molecule has 0 atom stereocenters. The molecule has 0 saturated heterocycles. The van der Waals surface area contributed by atoms with E-state index in [1.54, 1.807) is 5.38 Å². The van der Waals surface area contributed by atoms with Gasteiger partial charge >= 0.3 is 5.97 Å². The van der Waals surface area contributed by atoms with Gasteiger partial charge in [0.15, 0.2) is 18.1 Å². The van der Waals surface area contributed by atoms with Gasteiger partial charge in [-0.3, -0.25) is 4.79 Å². The van der Waals surface area contributed by atoms with Gasteiger partial charge in [0.2, 0.25) is 0 Å². The number of thiophene rings is 1. The summed E-state index contributed by atoms with van der Waals surface area (Å²) in [5.74, 6) is -1.48. The Balaban J connectivity index is 1.61. The molecule has 3 aromatic rings. The second-order valence-corrected chi connectivity index (χ2v) is 6.33. The summed E-state index contributed by atoms with van der Waals surface area (Å²) in [6.07, 6.45) is 0. The van der Waals surface area contributed by atoms with E-state index in [2.05, 4.69) is 4.98 Å². The van der Waals surface area contributed by atoms with Gasteiger partial charge in [0.1, 0.15) is 10.8 Å².